The molecule has 6 nitrogen and oxygen atoms in total. The Balaban J connectivity index is 1.72. The average Bonchev–Trinajstić information content (AvgIpc) is 3.03. The number of hydrogen-bond donors (Lipinski definition) is 1. The van der Waals surface area contributed by atoms with Gasteiger partial charge in [-0.3, -0.25) is 9.89 Å². The number of aromatic nitrogens is 2. The van der Waals surface area contributed by atoms with Gasteiger partial charge in [0.05, 0.1) is 18.9 Å². The molecule has 0 spiro atoms. The Bertz CT molecular complexity index is 692. The first kappa shape index (κ1) is 15.6. The summed E-state index contributed by atoms with van der Waals surface area (Å²) in [6.45, 7) is 0. The fourth-order valence-corrected chi connectivity index (χ4v) is 2.76. The number of methoxy groups -OCH3 is 2. The van der Waals surface area contributed by atoms with Crippen molar-refractivity contribution in [3.63, 3.8) is 0 Å². The van der Waals surface area contributed by atoms with E-state index in [4.69, 9.17) is 9.47 Å². The molecule has 6 heteroatoms. The van der Waals surface area contributed by atoms with Crippen LogP contribution < -0.4 is 4.74 Å². The number of hydrogen-bond acceptors (Lipinski definition) is 4. The van der Waals surface area contributed by atoms with Gasteiger partial charge in [0.25, 0.3) is 5.91 Å². The lowest BCUT2D eigenvalue weighted by Gasteiger charge is -2.40. The number of H-pyrrole nitrogens is 1. The maximum absolute atomic E-state index is 12.5. The van der Waals surface area contributed by atoms with Crippen LogP contribution in [0.3, 0.4) is 0 Å². The maximum Gasteiger partial charge on any atom is 0.271 e. The predicted octanol–water partition coefficient (Wildman–Crippen LogP) is 2.33. The monoisotopic (exact) mass is 315 g/mol. The highest BCUT2D eigenvalue weighted by Crippen LogP contribution is 2.28. The summed E-state index contributed by atoms with van der Waals surface area (Å²) in [6, 6.07) is 9.61. The van der Waals surface area contributed by atoms with E-state index in [-0.39, 0.29) is 18.1 Å². The van der Waals surface area contributed by atoms with E-state index in [0.717, 1.165) is 29.8 Å². The number of carbonyl (C=O) groups excluding carboxylic acids is 1. The summed E-state index contributed by atoms with van der Waals surface area (Å²) in [5.74, 6) is 0.710. The molecule has 0 radical (unpaired) electrons. The molecule has 2 aromatic rings. The van der Waals surface area contributed by atoms with E-state index >= 15 is 0 Å². The molecule has 0 saturated heterocycles. The molecule has 1 aromatic heterocycles. The van der Waals surface area contributed by atoms with Crippen LogP contribution in [0.2, 0.25) is 0 Å². The minimum absolute atomic E-state index is 0.0498. The van der Waals surface area contributed by atoms with Crippen molar-refractivity contribution in [2.75, 3.05) is 21.3 Å². The predicted molar refractivity (Wildman–Crippen MR) is 86.5 cm³/mol. The summed E-state index contributed by atoms with van der Waals surface area (Å²) < 4.78 is 10.5. The highest BCUT2D eigenvalue weighted by molar-refractivity contribution is 5.93. The van der Waals surface area contributed by atoms with Crippen LogP contribution in [-0.2, 0) is 4.74 Å². The Labute approximate surface area is 135 Å². The largest absolute Gasteiger partial charge is 0.497 e. The van der Waals surface area contributed by atoms with Crippen LogP contribution in [-0.4, -0.2) is 54.4 Å². The van der Waals surface area contributed by atoms with Gasteiger partial charge in [0, 0.05) is 25.8 Å². The lowest BCUT2D eigenvalue weighted by Crippen LogP contribution is -2.48. The SMILES string of the molecule is COc1cccc(-c2cc(C(=O)N(C)C3CC(OC)C3)[nH]n2)c1. The molecule has 1 fully saturated rings. The summed E-state index contributed by atoms with van der Waals surface area (Å²) >= 11 is 0. The normalized spacial score (nSPS) is 20.0. The topological polar surface area (TPSA) is 67.4 Å². The number of rotatable bonds is 5. The minimum atomic E-state index is -0.0498. The van der Waals surface area contributed by atoms with Gasteiger partial charge in [0.2, 0.25) is 0 Å². The third-order valence-corrected chi connectivity index (χ3v) is 4.45. The van der Waals surface area contributed by atoms with Crippen molar-refractivity contribution in [3.05, 3.63) is 36.0 Å². The number of benzene rings is 1. The first-order valence-corrected chi connectivity index (χ1v) is 7.62. The van der Waals surface area contributed by atoms with E-state index in [1.54, 1.807) is 25.2 Å². The van der Waals surface area contributed by atoms with Gasteiger partial charge in [0.1, 0.15) is 11.4 Å². The van der Waals surface area contributed by atoms with E-state index in [1.807, 2.05) is 31.3 Å². The van der Waals surface area contributed by atoms with Crippen molar-refractivity contribution in [2.24, 2.45) is 0 Å². The molecule has 1 aromatic carbocycles. The number of nitrogens with one attached hydrogen (secondary N) is 1. The van der Waals surface area contributed by atoms with Gasteiger partial charge in [0.15, 0.2) is 0 Å². The molecule has 122 valence electrons. The molecule has 0 bridgehead atoms. The van der Waals surface area contributed by atoms with Gasteiger partial charge in [-0.15, -0.1) is 0 Å². The number of ether oxygens (including phenoxy) is 2. The Morgan fingerprint density at radius 3 is 2.78 bits per heavy atom. The molecule has 0 unspecified atom stereocenters. The summed E-state index contributed by atoms with van der Waals surface area (Å²) in [7, 11) is 5.16. The van der Waals surface area contributed by atoms with E-state index in [2.05, 4.69) is 10.2 Å². The first-order chi connectivity index (χ1) is 11.1. The molecule has 1 heterocycles. The Morgan fingerprint density at radius 2 is 2.09 bits per heavy atom. The molecule has 0 aliphatic heterocycles. The van der Waals surface area contributed by atoms with Crippen molar-refractivity contribution in [1.82, 2.24) is 15.1 Å². The van der Waals surface area contributed by atoms with Gasteiger partial charge in [-0.25, -0.2) is 0 Å². The third-order valence-electron chi connectivity index (χ3n) is 4.45. The van der Waals surface area contributed by atoms with Gasteiger partial charge in [-0.05, 0) is 31.0 Å². The molecule has 1 aliphatic carbocycles. The minimum Gasteiger partial charge on any atom is -0.497 e. The fraction of sp³-hybridized carbons (Fsp3) is 0.412. The molecule has 1 N–H and O–H groups in total. The summed E-state index contributed by atoms with van der Waals surface area (Å²) in [6.07, 6.45) is 2.04. The standard InChI is InChI=1S/C17H21N3O3/c1-20(12-8-14(9-12)23-3)17(21)16-10-15(18-19-16)11-5-4-6-13(7-11)22-2/h4-7,10,12,14H,8-9H2,1-3H3,(H,18,19). The third kappa shape index (κ3) is 3.07. The summed E-state index contributed by atoms with van der Waals surface area (Å²) in [5, 5.41) is 7.08. The lowest BCUT2D eigenvalue weighted by atomic mass is 9.88. The molecule has 1 saturated carbocycles. The lowest BCUT2D eigenvalue weighted by molar-refractivity contribution is -0.0146. The Hall–Kier alpha value is -2.34. The van der Waals surface area contributed by atoms with E-state index in [0.29, 0.717) is 5.69 Å². The van der Waals surface area contributed by atoms with Crippen molar-refractivity contribution < 1.29 is 14.3 Å². The average molecular weight is 315 g/mol. The van der Waals surface area contributed by atoms with Crippen molar-refractivity contribution >= 4 is 5.91 Å². The van der Waals surface area contributed by atoms with Crippen LogP contribution in [0.15, 0.2) is 30.3 Å². The number of nitrogens with zero attached hydrogens (tertiary/aromatic N) is 2. The quantitative estimate of drug-likeness (QED) is 0.919. The molecule has 0 atom stereocenters. The van der Waals surface area contributed by atoms with E-state index in [9.17, 15) is 4.79 Å². The second-order valence-electron chi connectivity index (χ2n) is 5.80. The summed E-state index contributed by atoms with van der Waals surface area (Å²) in [4.78, 5) is 14.3. The smallest absolute Gasteiger partial charge is 0.271 e. The van der Waals surface area contributed by atoms with Crippen molar-refractivity contribution in [1.29, 1.82) is 0 Å². The van der Waals surface area contributed by atoms with Crippen LogP contribution >= 0.6 is 0 Å². The zero-order chi connectivity index (χ0) is 16.4. The van der Waals surface area contributed by atoms with Crippen LogP contribution in [0.25, 0.3) is 11.3 Å². The van der Waals surface area contributed by atoms with Crippen LogP contribution in [0.5, 0.6) is 5.75 Å². The Kier molecular flexibility index (Phi) is 4.34. The van der Waals surface area contributed by atoms with Gasteiger partial charge >= 0.3 is 0 Å². The van der Waals surface area contributed by atoms with Crippen molar-refractivity contribution in [2.45, 2.75) is 25.0 Å². The number of carbonyl (C=O) groups is 1. The number of amides is 1. The molecule has 1 amide bonds. The van der Waals surface area contributed by atoms with Crippen LogP contribution in [0.1, 0.15) is 23.3 Å². The van der Waals surface area contributed by atoms with Crippen LogP contribution in [0, 0.1) is 0 Å². The van der Waals surface area contributed by atoms with Gasteiger partial charge in [-0.1, -0.05) is 12.1 Å². The van der Waals surface area contributed by atoms with Crippen molar-refractivity contribution in [3.8, 4) is 17.0 Å². The summed E-state index contributed by atoms with van der Waals surface area (Å²) in [5.41, 5.74) is 2.13. The molecule has 3 rings (SSSR count). The van der Waals surface area contributed by atoms with Gasteiger partial charge in [-0.2, -0.15) is 5.10 Å². The molecule has 1 aliphatic rings. The molecule has 23 heavy (non-hydrogen) atoms. The zero-order valence-corrected chi connectivity index (χ0v) is 13.6. The van der Waals surface area contributed by atoms with E-state index in [1.165, 1.54) is 0 Å². The van der Waals surface area contributed by atoms with E-state index < -0.39 is 0 Å². The zero-order valence-electron chi connectivity index (χ0n) is 13.6. The molecular weight excluding hydrogens is 294 g/mol. The number of aromatic amines is 1. The Morgan fingerprint density at radius 1 is 1.30 bits per heavy atom. The highest BCUT2D eigenvalue weighted by atomic mass is 16.5. The van der Waals surface area contributed by atoms with Gasteiger partial charge < -0.3 is 14.4 Å². The maximum atomic E-state index is 12.5. The highest BCUT2D eigenvalue weighted by Gasteiger charge is 2.34. The fourth-order valence-electron chi connectivity index (χ4n) is 2.76. The van der Waals surface area contributed by atoms with Crippen LogP contribution in [0.4, 0.5) is 0 Å². The second-order valence-corrected chi connectivity index (χ2v) is 5.80. The molecular formula is C17H21N3O3. The second kappa shape index (κ2) is 6.42. The first-order valence-electron chi connectivity index (χ1n) is 7.62.